The molecule has 0 unspecified atom stereocenters. The van der Waals surface area contributed by atoms with Crippen LogP contribution in [0.1, 0.15) is 0 Å². The molecule has 0 saturated carbocycles. The minimum atomic E-state index is 0.322. The predicted octanol–water partition coefficient (Wildman–Crippen LogP) is 0.117. The standard InChI is InChI=1S/C6H6O.3CH5N/c7-6-4-2-1-3-5-6;3*1-2/h1-5,7H;3*2H2,1H3. The SMILES string of the molecule is CN.CN.CN.Oc1ccccc1. The second-order valence-corrected chi connectivity index (χ2v) is 1.34. The van der Waals surface area contributed by atoms with Crippen molar-refractivity contribution in [1.29, 1.82) is 0 Å². The van der Waals surface area contributed by atoms with E-state index in [0.717, 1.165) is 0 Å². The average Bonchev–Trinajstić information content (AvgIpc) is 2.28. The van der Waals surface area contributed by atoms with E-state index in [-0.39, 0.29) is 0 Å². The first-order valence-electron chi connectivity index (χ1n) is 3.87. The molecule has 0 amide bonds. The number of aromatic hydroxyl groups is 1. The summed E-state index contributed by atoms with van der Waals surface area (Å²) in [5.41, 5.74) is 13.5. The summed E-state index contributed by atoms with van der Waals surface area (Å²) in [4.78, 5) is 0. The van der Waals surface area contributed by atoms with Crippen molar-refractivity contribution in [3.8, 4) is 5.75 Å². The van der Waals surface area contributed by atoms with Gasteiger partial charge in [0.25, 0.3) is 0 Å². The molecule has 13 heavy (non-hydrogen) atoms. The second kappa shape index (κ2) is 22.4. The zero-order valence-corrected chi connectivity index (χ0v) is 8.57. The summed E-state index contributed by atoms with van der Waals surface area (Å²) in [6, 6.07) is 8.71. The maximum atomic E-state index is 8.63. The van der Waals surface area contributed by atoms with Gasteiger partial charge in [0.2, 0.25) is 0 Å². The first-order chi connectivity index (χ1) is 6.39. The fourth-order valence-corrected chi connectivity index (χ4v) is 0.428. The van der Waals surface area contributed by atoms with E-state index in [4.69, 9.17) is 5.11 Å². The maximum Gasteiger partial charge on any atom is 0.115 e. The molecule has 0 fully saturated rings. The molecular formula is C9H21N3O. The van der Waals surface area contributed by atoms with Gasteiger partial charge in [0.15, 0.2) is 0 Å². The van der Waals surface area contributed by atoms with E-state index in [1.54, 1.807) is 24.3 Å². The summed E-state index contributed by atoms with van der Waals surface area (Å²) in [7, 11) is 4.50. The van der Waals surface area contributed by atoms with Crippen LogP contribution in [0.2, 0.25) is 0 Å². The molecule has 0 heterocycles. The smallest absolute Gasteiger partial charge is 0.115 e. The summed E-state index contributed by atoms with van der Waals surface area (Å²) >= 11 is 0. The highest BCUT2D eigenvalue weighted by atomic mass is 16.3. The van der Waals surface area contributed by atoms with Crippen molar-refractivity contribution >= 4 is 0 Å². The van der Waals surface area contributed by atoms with Gasteiger partial charge in [0.05, 0.1) is 0 Å². The Morgan fingerprint density at radius 1 is 0.769 bits per heavy atom. The van der Waals surface area contributed by atoms with Crippen LogP contribution in [0.5, 0.6) is 5.75 Å². The summed E-state index contributed by atoms with van der Waals surface area (Å²) in [5.74, 6) is 0.322. The van der Waals surface area contributed by atoms with Crippen LogP contribution in [0.4, 0.5) is 0 Å². The van der Waals surface area contributed by atoms with Crippen molar-refractivity contribution in [1.82, 2.24) is 0 Å². The largest absolute Gasteiger partial charge is 0.508 e. The number of phenols is 1. The number of hydrogen-bond acceptors (Lipinski definition) is 4. The molecule has 1 aromatic rings. The lowest BCUT2D eigenvalue weighted by Gasteiger charge is -1.82. The highest BCUT2D eigenvalue weighted by Gasteiger charge is 1.74. The monoisotopic (exact) mass is 187 g/mol. The number of nitrogens with two attached hydrogens (primary N) is 3. The number of rotatable bonds is 0. The molecule has 1 rings (SSSR count). The van der Waals surface area contributed by atoms with Crippen LogP contribution in [-0.2, 0) is 0 Å². The van der Waals surface area contributed by atoms with E-state index < -0.39 is 0 Å². The second-order valence-electron chi connectivity index (χ2n) is 1.34. The first kappa shape index (κ1) is 17.8. The van der Waals surface area contributed by atoms with Crippen LogP contribution in [0.15, 0.2) is 30.3 Å². The van der Waals surface area contributed by atoms with Crippen molar-refractivity contribution in [3.05, 3.63) is 30.3 Å². The Morgan fingerprint density at radius 2 is 1.08 bits per heavy atom. The third-order valence-electron chi connectivity index (χ3n) is 0.756. The number of hydrogen-bond donors (Lipinski definition) is 4. The highest BCUT2D eigenvalue weighted by molar-refractivity contribution is 5.18. The molecule has 0 aliphatic carbocycles. The summed E-state index contributed by atoms with van der Waals surface area (Å²) in [6.07, 6.45) is 0. The lowest BCUT2D eigenvalue weighted by Crippen LogP contribution is -1.69. The molecule has 7 N–H and O–H groups in total. The van der Waals surface area contributed by atoms with Gasteiger partial charge in [-0.1, -0.05) is 18.2 Å². The number of benzene rings is 1. The van der Waals surface area contributed by atoms with E-state index in [1.807, 2.05) is 6.07 Å². The summed E-state index contributed by atoms with van der Waals surface area (Å²) < 4.78 is 0. The predicted molar refractivity (Wildman–Crippen MR) is 58.4 cm³/mol. The number of para-hydroxylation sites is 1. The molecule has 1 aromatic carbocycles. The Labute approximate surface area is 80.4 Å². The lowest BCUT2D eigenvalue weighted by molar-refractivity contribution is 0.475. The Bertz CT molecular complexity index is 145. The van der Waals surface area contributed by atoms with E-state index in [9.17, 15) is 0 Å². The average molecular weight is 187 g/mol. The summed E-state index contributed by atoms with van der Waals surface area (Å²) in [5, 5.41) is 8.63. The highest BCUT2D eigenvalue weighted by Crippen LogP contribution is 2.02. The molecular weight excluding hydrogens is 166 g/mol. The maximum absolute atomic E-state index is 8.63. The van der Waals surface area contributed by atoms with E-state index >= 15 is 0 Å². The number of phenolic OH excluding ortho intramolecular Hbond substituents is 1. The fraction of sp³-hybridized carbons (Fsp3) is 0.333. The summed E-state index contributed by atoms with van der Waals surface area (Å²) in [6.45, 7) is 0. The van der Waals surface area contributed by atoms with Gasteiger partial charge in [0, 0.05) is 0 Å². The van der Waals surface area contributed by atoms with E-state index in [1.165, 1.54) is 21.1 Å². The third kappa shape index (κ3) is 18.1. The van der Waals surface area contributed by atoms with Gasteiger partial charge in [-0.15, -0.1) is 0 Å². The lowest BCUT2D eigenvalue weighted by atomic mass is 10.3. The Hall–Kier alpha value is -1.10. The molecule has 0 saturated heterocycles. The van der Waals surface area contributed by atoms with E-state index in [0.29, 0.717) is 5.75 Å². The fourth-order valence-electron chi connectivity index (χ4n) is 0.428. The van der Waals surface area contributed by atoms with Crippen molar-refractivity contribution in [3.63, 3.8) is 0 Å². The molecule has 4 heteroatoms. The molecule has 0 atom stereocenters. The van der Waals surface area contributed by atoms with Gasteiger partial charge < -0.3 is 22.3 Å². The van der Waals surface area contributed by atoms with Crippen LogP contribution >= 0.6 is 0 Å². The van der Waals surface area contributed by atoms with Crippen LogP contribution in [0.25, 0.3) is 0 Å². The quantitative estimate of drug-likeness (QED) is 0.463. The molecule has 78 valence electrons. The molecule has 0 spiro atoms. The van der Waals surface area contributed by atoms with Crippen molar-refractivity contribution in [2.45, 2.75) is 0 Å². The Kier molecular flexibility index (Phi) is 30.8. The molecule has 4 nitrogen and oxygen atoms in total. The van der Waals surface area contributed by atoms with Crippen LogP contribution in [0, 0.1) is 0 Å². The topological polar surface area (TPSA) is 98.3 Å². The van der Waals surface area contributed by atoms with Gasteiger partial charge in [-0.05, 0) is 33.3 Å². The third-order valence-corrected chi connectivity index (χ3v) is 0.756. The molecule has 0 bridgehead atoms. The molecule has 0 aliphatic rings. The molecule has 0 radical (unpaired) electrons. The minimum absolute atomic E-state index is 0.322. The van der Waals surface area contributed by atoms with Crippen LogP contribution < -0.4 is 17.2 Å². The zero-order valence-electron chi connectivity index (χ0n) is 8.57. The molecule has 0 aliphatic heterocycles. The van der Waals surface area contributed by atoms with Crippen LogP contribution in [0.3, 0.4) is 0 Å². The first-order valence-corrected chi connectivity index (χ1v) is 3.87. The van der Waals surface area contributed by atoms with Crippen LogP contribution in [-0.4, -0.2) is 26.2 Å². The minimum Gasteiger partial charge on any atom is -0.508 e. The Balaban J connectivity index is -0.000000144. The van der Waals surface area contributed by atoms with E-state index in [2.05, 4.69) is 17.2 Å². The van der Waals surface area contributed by atoms with Gasteiger partial charge >= 0.3 is 0 Å². The van der Waals surface area contributed by atoms with Crippen molar-refractivity contribution in [2.75, 3.05) is 21.1 Å². The normalized spacial score (nSPS) is 6.00. The Morgan fingerprint density at radius 3 is 1.23 bits per heavy atom. The van der Waals surface area contributed by atoms with Crippen molar-refractivity contribution in [2.24, 2.45) is 17.2 Å². The van der Waals surface area contributed by atoms with Gasteiger partial charge in [-0.25, -0.2) is 0 Å². The van der Waals surface area contributed by atoms with Gasteiger partial charge in [0.1, 0.15) is 5.75 Å². The van der Waals surface area contributed by atoms with Gasteiger partial charge in [-0.2, -0.15) is 0 Å². The van der Waals surface area contributed by atoms with Gasteiger partial charge in [-0.3, -0.25) is 0 Å². The zero-order chi connectivity index (χ0) is 11.1. The molecule has 0 aromatic heterocycles. The van der Waals surface area contributed by atoms with Crippen molar-refractivity contribution < 1.29 is 5.11 Å².